The largest absolute Gasteiger partial charge is 0.383 e. The highest BCUT2D eigenvalue weighted by atomic mass is 35.5. The lowest BCUT2D eigenvalue weighted by Crippen LogP contribution is -1.99. The van der Waals surface area contributed by atoms with E-state index < -0.39 is 0 Å². The third-order valence-corrected chi connectivity index (χ3v) is 3.35. The van der Waals surface area contributed by atoms with Gasteiger partial charge in [-0.3, -0.25) is 0 Å². The summed E-state index contributed by atoms with van der Waals surface area (Å²) in [7, 11) is 0. The van der Waals surface area contributed by atoms with Gasteiger partial charge in [-0.15, -0.1) is 0 Å². The van der Waals surface area contributed by atoms with Gasteiger partial charge in [0.15, 0.2) is 5.82 Å². The Balaban J connectivity index is 2.26. The van der Waals surface area contributed by atoms with Crippen LogP contribution in [-0.2, 0) is 0 Å². The molecule has 0 bridgehead atoms. The second kappa shape index (κ2) is 4.72. The predicted octanol–water partition coefficient (Wildman–Crippen LogP) is 3.98. The van der Waals surface area contributed by atoms with Gasteiger partial charge in [-0.25, -0.2) is 14.4 Å². The average molecular weight is 288 g/mol. The molecule has 1 heterocycles. The number of aromatic nitrogens is 2. The second-order valence-electron chi connectivity index (χ2n) is 4.55. The molecule has 2 N–H and O–H groups in total. The Hall–Kier alpha value is -2.20. The van der Waals surface area contributed by atoms with Crippen LogP contribution < -0.4 is 5.73 Å². The highest BCUT2D eigenvalue weighted by Gasteiger charge is 2.10. The van der Waals surface area contributed by atoms with Crippen molar-refractivity contribution in [2.24, 2.45) is 0 Å². The number of nitrogen functional groups attached to an aromatic ring is 1. The zero-order valence-electron chi connectivity index (χ0n) is 10.7. The third-order valence-electron chi connectivity index (χ3n) is 3.12. The molecule has 20 heavy (non-hydrogen) atoms. The number of nitrogens with two attached hydrogens (primary N) is 1. The van der Waals surface area contributed by atoms with Crippen LogP contribution in [0.25, 0.3) is 22.3 Å². The first-order chi connectivity index (χ1) is 9.54. The van der Waals surface area contributed by atoms with Gasteiger partial charge in [0.2, 0.25) is 0 Å². The van der Waals surface area contributed by atoms with E-state index in [4.69, 9.17) is 17.3 Å². The van der Waals surface area contributed by atoms with Gasteiger partial charge in [-0.2, -0.15) is 0 Å². The third kappa shape index (κ3) is 2.18. The summed E-state index contributed by atoms with van der Waals surface area (Å²) < 4.78 is 13.3. The molecule has 5 heteroatoms. The Morgan fingerprint density at radius 3 is 2.65 bits per heavy atom. The molecule has 3 rings (SSSR count). The molecule has 100 valence electrons. The minimum atomic E-state index is -0.352. The van der Waals surface area contributed by atoms with Gasteiger partial charge >= 0.3 is 0 Å². The van der Waals surface area contributed by atoms with Crippen molar-refractivity contribution in [3.05, 3.63) is 52.8 Å². The highest BCUT2D eigenvalue weighted by Crippen LogP contribution is 2.27. The predicted molar refractivity (Wildman–Crippen MR) is 79.1 cm³/mol. The van der Waals surface area contributed by atoms with Crippen LogP contribution in [0.2, 0.25) is 5.02 Å². The standard InChI is InChI=1S/C15H11ClFN3/c1-8-6-9(16)2-4-11(8)15-19-13-7-10(17)3-5-12(13)14(18)20-15/h2-7H,1H3,(H2,18,19,20). The molecule has 3 aromatic rings. The van der Waals surface area contributed by atoms with Crippen molar-refractivity contribution in [3.63, 3.8) is 0 Å². The van der Waals surface area contributed by atoms with Crippen molar-refractivity contribution in [1.29, 1.82) is 0 Å². The van der Waals surface area contributed by atoms with E-state index in [2.05, 4.69) is 9.97 Å². The van der Waals surface area contributed by atoms with E-state index >= 15 is 0 Å². The highest BCUT2D eigenvalue weighted by molar-refractivity contribution is 6.30. The van der Waals surface area contributed by atoms with E-state index in [0.717, 1.165) is 11.1 Å². The molecule has 3 nitrogen and oxygen atoms in total. The van der Waals surface area contributed by atoms with Gasteiger partial charge in [0.1, 0.15) is 11.6 Å². The number of nitrogens with zero attached hydrogens (tertiary/aromatic N) is 2. The molecule has 0 unspecified atom stereocenters. The van der Waals surface area contributed by atoms with Crippen molar-refractivity contribution in [2.45, 2.75) is 6.92 Å². The number of aryl methyl sites for hydroxylation is 1. The summed E-state index contributed by atoms with van der Waals surface area (Å²) >= 11 is 5.94. The normalized spacial score (nSPS) is 10.9. The Labute approximate surface area is 120 Å². The smallest absolute Gasteiger partial charge is 0.162 e. The van der Waals surface area contributed by atoms with Crippen molar-refractivity contribution >= 4 is 28.3 Å². The molecule has 0 amide bonds. The number of hydrogen-bond acceptors (Lipinski definition) is 3. The van der Waals surface area contributed by atoms with Crippen LogP contribution in [-0.4, -0.2) is 9.97 Å². The van der Waals surface area contributed by atoms with Gasteiger partial charge in [-0.05, 0) is 42.8 Å². The van der Waals surface area contributed by atoms with Gasteiger partial charge < -0.3 is 5.73 Å². The number of rotatable bonds is 1. The fraction of sp³-hybridized carbons (Fsp3) is 0.0667. The SMILES string of the molecule is Cc1cc(Cl)ccc1-c1nc(N)c2ccc(F)cc2n1. The summed E-state index contributed by atoms with van der Waals surface area (Å²) in [4.78, 5) is 8.68. The van der Waals surface area contributed by atoms with Crippen molar-refractivity contribution < 1.29 is 4.39 Å². The zero-order chi connectivity index (χ0) is 14.3. The average Bonchev–Trinajstić information content (AvgIpc) is 2.37. The number of anilines is 1. The molecule has 0 aliphatic carbocycles. The lowest BCUT2D eigenvalue weighted by Gasteiger charge is -2.08. The van der Waals surface area contributed by atoms with E-state index in [9.17, 15) is 4.39 Å². The van der Waals surface area contributed by atoms with E-state index in [1.165, 1.54) is 12.1 Å². The molecule has 0 saturated heterocycles. The zero-order valence-corrected chi connectivity index (χ0v) is 11.4. The molecular formula is C15H11ClFN3. The van der Waals surface area contributed by atoms with Crippen LogP contribution >= 0.6 is 11.6 Å². The lowest BCUT2D eigenvalue weighted by molar-refractivity contribution is 0.629. The minimum Gasteiger partial charge on any atom is -0.383 e. The molecule has 0 spiro atoms. The van der Waals surface area contributed by atoms with Crippen LogP contribution in [0.4, 0.5) is 10.2 Å². The number of halogens is 2. The van der Waals surface area contributed by atoms with Gasteiger partial charge in [0.25, 0.3) is 0 Å². The maximum atomic E-state index is 13.3. The fourth-order valence-corrected chi connectivity index (χ4v) is 2.35. The van der Waals surface area contributed by atoms with E-state index in [0.29, 0.717) is 27.6 Å². The van der Waals surface area contributed by atoms with Crippen LogP contribution in [0.15, 0.2) is 36.4 Å². The molecule has 0 fully saturated rings. The Morgan fingerprint density at radius 1 is 1.10 bits per heavy atom. The Bertz CT molecular complexity index is 818. The molecular weight excluding hydrogens is 277 g/mol. The monoisotopic (exact) mass is 287 g/mol. The summed E-state index contributed by atoms with van der Waals surface area (Å²) in [6, 6.07) is 9.69. The van der Waals surface area contributed by atoms with E-state index in [-0.39, 0.29) is 5.82 Å². The lowest BCUT2D eigenvalue weighted by atomic mass is 10.1. The van der Waals surface area contributed by atoms with Gasteiger partial charge in [0, 0.05) is 22.0 Å². The summed E-state index contributed by atoms with van der Waals surface area (Å²) in [5.41, 5.74) is 8.18. The summed E-state index contributed by atoms with van der Waals surface area (Å²) in [6.45, 7) is 1.91. The summed E-state index contributed by atoms with van der Waals surface area (Å²) in [6.07, 6.45) is 0. The Kier molecular flexibility index (Phi) is 3.03. The van der Waals surface area contributed by atoms with Gasteiger partial charge in [0.05, 0.1) is 5.52 Å². The topological polar surface area (TPSA) is 51.8 Å². The molecule has 0 atom stereocenters. The number of hydrogen-bond donors (Lipinski definition) is 1. The maximum absolute atomic E-state index is 13.3. The van der Waals surface area contributed by atoms with Crippen LogP contribution in [0.1, 0.15) is 5.56 Å². The van der Waals surface area contributed by atoms with Crippen molar-refractivity contribution in [1.82, 2.24) is 9.97 Å². The Morgan fingerprint density at radius 2 is 1.90 bits per heavy atom. The molecule has 0 saturated carbocycles. The number of benzene rings is 2. The minimum absolute atomic E-state index is 0.333. The van der Waals surface area contributed by atoms with Crippen LogP contribution in [0.3, 0.4) is 0 Å². The van der Waals surface area contributed by atoms with Gasteiger partial charge in [-0.1, -0.05) is 11.6 Å². The summed E-state index contributed by atoms with van der Waals surface area (Å²) in [5, 5.41) is 1.29. The van der Waals surface area contributed by atoms with Crippen LogP contribution in [0, 0.1) is 12.7 Å². The molecule has 0 aliphatic rings. The fourth-order valence-electron chi connectivity index (χ4n) is 2.13. The van der Waals surface area contributed by atoms with Crippen LogP contribution in [0.5, 0.6) is 0 Å². The van der Waals surface area contributed by atoms with E-state index in [1.54, 1.807) is 12.1 Å². The first kappa shape index (κ1) is 12.8. The van der Waals surface area contributed by atoms with E-state index in [1.807, 2.05) is 19.1 Å². The number of fused-ring (bicyclic) bond motifs is 1. The first-order valence-electron chi connectivity index (χ1n) is 6.04. The molecule has 2 aromatic carbocycles. The van der Waals surface area contributed by atoms with Crippen molar-refractivity contribution in [2.75, 3.05) is 5.73 Å². The first-order valence-corrected chi connectivity index (χ1v) is 6.42. The maximum Gasteiger partial charge on any atom is 0.162 e. The molecule has 1 aromatic heterocycles. The van der Waals surface area contributed by atoms with Crippen molar-refractivity contribution in [3.8, 4) is 11.4 Å². The second-order valence-corrected chi connectivity index (χ2v) is 4.99. The summed E-state index contributed by atoms with van der Waals surface area (Å²) in [5.74, 6) is 0.448. The quantitative estimate of drug-likeness (QED) is 0.736. The molecule has 0 radical (unpaired) electrons. The molecule has 0 aliphatic heterocycles.